The van der Waals surface area contributed by atoms with Crippen LogP contribution < -0.4 is 16.4 Å². The number of carbonyl (C=O) groups is 1. The van der Waals surface area contributed by atoms with Crippen molar-refractivity contribution < 1.29 is 9.18 Å². The summed E-state index contributed by atoms with van der Waals surface area (Å²) in [6.45, 7) is 3.99. The monoisotopic (exact) mass is 389 g/mol. The third kappa shape index (κ3) is 4.14. The van der Waals surface area contributed by atoms with E-state index in [9.17, 15) is 9.18 Å². The average Bonchev–Trinajstić information content (AvgIpc) is 3.07. The van der Waals surface area contributed by atoms with E-state index in [1.807, 2.05) is 13.8 Å². The molecule has 0 saturated carbocycles. The van der Waals surface area contributed by atoms with Crippen molar-refractivity contribution in [1.82, 2.24) is 19.7 Å². The molecule has 3 rings (SSSR count). The molecule has 10 heteroatoms. The molecule has 4 N–H and O–H groups in total. The molecule has 0 radical (unpaired) electrons. The standard InChI is InChI=1S/C17H17ClFN7O/c1-9(2)26-8-10(6-22-26)23-17-21-7-11(15(20)27)16(25-17)24-14-12(18)4-3-5-13(14)19/h3-9H,1-2H3,(H2,20,27)(H2,21,23,24,25). The first-order valence-electron chi connectivity index (χ1n) is 8.04. The van der Waals surface area contributed by atoms with E-state index in [1.54, 1.807) is 17.1 Å². The second-order valence-corrected chi connectivity index (χ2v) is 6.38. The first-order chi connectivity index (χ1) is 12.8. The molecule has 140 valence electrons. The third-order valence-corrected chi connectivity index (χ3v) is 3.96. The topological polar surface area (TPSA) is 111 Å². The van der Waals surface area contributed by atoms with Gasteiger partial charge in [-0.1, -0.05) is 17.7 Å². The fourth-order valence-corrected chi connectivity index (χ4v) is 2.48. The molecule has 0 fully saturated rings. The SMILES string of the molecule is CC(C)n1cc(Nc2ncc(C(N)=O)c(Nc3c(F)cccc3Cl)n2)cn1. The maximum atomic E-state index is 14.1. The highest BCUT2D eigenvalue weighted by molar-refractivity contribution is 6.33. The van der Waals surface area contributed by atoms with E-state index < -0.39 is 11.7 Å². The highest BCUT2D eigenvalue weighted by Gasteiger charge is 2.16. The number of benzene rings is 1. The summed E-state index contributed by atoms with van der Waals surface area (Å²) in [5.41, 5.74) is 6.01. The van der Waals surface area contributed by atoms with Gasteiger partial charge in [0.15, 0.2) is 0 Å². The Morgan fingerprint density at radius 1 is 1.30 bits per heavy atom. The van der Waals surface area contributed by atoms with Gasteiger partial charge in [0.25, 0.3) is 5.91 Å². The van der Waals surface area contributed by atoms with Gasteiger partial charge in [-0.2, -0.15) is 10.1 Å². The Hall–Kier alpha value is -3.20. The summed E-state index contributed by atoms with van der Waals surface area (Å²) in [7, 11) is 0. The minimum atomic E-state index is -0.760. The van der Waals surface area contributed by atoms with Gasteiger partial charge >= 0.3 is 0 Å². The highest BCUT2D eigenvalue weighted by atomic mass is 35.5. The minimum absolute atomic E-state index is 0.00209. The Kier molecular flexibility index (Phi) is 5.22. The molecule has 3 aromatic rings. The lowest BCUT2D eigenvalue weighted by atomic mass is 10.2. The normalized spacial score (nSPS) is 10.9. The van der Waals surface area contributed by atoms with Crippen LogP contribution in [-0.4, -0.2) is 25.7 Å². The van der Waals surface area contributed by atoms with Crippen molar-refractivity contribution in [3.8, 4) is 0 Å². The van der Waals surface area contributed by atoms with E-state index in [2.05, 4.69) is 25.7 Å². The van der Waals surface area contributed by atoms with E-state index in [4.69, 9.17) is 17.3 Å². The van der Waals surface area contributed by atoms with Gasteiger partial charge in [0, 0.05) is 18.4 Å². The van der Waals surface area contributed by atoms with Gasteiger partial charge in [0.2, 0.25) is 5.95 Å². The fraction of sp³-hybridized carbons (Fsp3) is 0.176. The van der Waals surface area contributed by atoms with Crippen LogP contribution in [0.1, 0.15) is 30.2 Å². The van der Waals surface area contributed by atoms with Gasteiger partial charge in [0.1, 0.15) is 17.2 Å². The Morgan fingerprint density at radius 3 is 2.70 bits per heavy atom. The average molecular weight is 390 g/mol. The number of hydrogen-bond donors (Lipinski definition) is 3. The summed E-state index contributed by atoms with van der Waals surface area (Å²) in [4.78, 5) is 20.0. The van der Waals surface area contributed by atoms with E-state index in [0.717, 1.165) is 0 Å². The largest absolute Gasteiger partial charge is 0.365 e. The van der Waals surface area contributed by atoms with Crippen LogP contribution in [0.15, 0.2) is 36.8 Å². The number of rotatable bonds is 6. The molecule has 0 spiro atoms. The smallest absolute Gasteiger partial charge is 0.254 e. The Morgan fingerprint density at radius 2 is 2.07 bits per heavy atom. The number of carbonyl (C=O) groups excluding carboxylic acids is 1. The lowest BCUT2D eigenvalue weighted by molar-refractivity contribution is 0.100. The molecule has 0 saturated heterocycles. The highest BCUT2D eigenvalue weighted by Crippen LogP contribution is 2.29. The van der Waals surface area contributed by atoms with Gasteiger partial charge in [-0.3, -0.25) is 9.48 Å². The Labute approximate surface area is 159 Å². The first kappa shape index (κ1) is 18.6. The molecule has 8 nitrogen and oxygen atoms in total. The summed E-state index contributed by atoms with van der Waals surface area (Å²) in [6.07, 6.45) is 4.66. The Bertz CT molecular complexity index is 969. The van der Waals surface area contributed by atoms with Crippen LogP contribution in [0, 0.1) is 5.82 Å². The molecule has 0 aliphatic carbocycles. The van der Waals surface area contributed by atoms with Crippen LogP contribution in [-0.2, 0) is 0 Å². The first-order valence-corrected chi connectivity index (χ1v) is 8.42. The van der Waals surface area contributed by atoms with Gasteiger partial charge in [0.05, 0.1) is 22.6 Å². The summed E-state index contributed by atoms with van der Waals surface area (Å²) in [5, 5.41) is 10.0. The van der Waals surface area contributed by atoms with Crippen molar-refractivity contribution >= 4 is 40.6 Å². The number of para-hydroxylation sites is 1. The van der Waals surface area contributed by atoms with Crippen LogP contribution >= 0.6 is 11.6 Å². The van der Waals surface area contributed by atoms with E-state index in [1.165, 1.54) is 24.4 Å². The number of anilines is 4. The molecule has 1 amide bonds. The molecular formula is C17H17ClFN7O. The van der Waals surface area contributed by atoms with Crippen molar-refractivity contribution in [3.05, 3.63) is 53.2 Å². The summed E-state index contributed by atoms with van der Waals surface area (Å²) in [5.74, 6) is -1.14. The number of nitrogens with two attached hydrogens (primary N) is 1. The van der Waals surface area contributed by atoms with Crippen molar-refractivity contribution in [2.75, 3.05) is 10.6 Å². The Balaban J connectivity index is 1.94. The maximum Gasteiger partial charge on any atom is 0.254 e. The van der Waals surface area contributed by atoms with Crippen LogP contribution in [0.3, 0.4) is 0 Å². The van der Waals surface area contributed by atoms with E-state index in [0.29, 0.717) is 5.69 Å². The minimum Gasteiger partial charge on any atom is -0.365 e. The predicted octanol–water partition coefficient (Wildman–Crippen LogP) is 3.63. The zero-order valence-corrected chi connectivity index (χ0v) is 15.3. The van der Waals surface area contributed by atoms with Crippen molar-refractivity contribution in [2.45, 2.75) is 19.9 Å². The zero-order valence-electron chi connectivity index (χ0n) is 14.6. The van der Waals surface area contributed by atoms with Crippen molar-refractivity contribution in [2.24, 2.45) is 5.73 Å². The van der Waals surface area contributed by atoms with Crippen LogP contribution in [0.2, 0.25) is 5.02 Å². The second-order valence-electron chi connectivity index (χ2n) is 5.97. The summed E-state index contributed by atoms with van der Waals surface area (Å²) < 4.78 is 15.8. The molecule has 0 bridgehead atoms. The summed E-state index contributed by atoms with van der Waals surface area (Å²) in [6, 6.07) is 4.41. The quantitative estimate of drug-likeness (QED) is 0.593. The zero-order chi connectivity index (χ0) is 19.6. The molecular weight excluding hydrogens is 373 g/mol. The number of hydrogen-bond acceptors (Lipinski definition) is 6. The van der Waals surface area contributed by atoms with Crippen molar-refractivity contribution in [1.29, 1.82) is 0 Å². The summed E-state index contributed by atoms with van der Waals surface area (Å²) >= 11 is 6.02. The molecule has 0 aliphatic rings. The lowest BCUT2D eigenvalue weighted by Gasteiger charge is -2.12. The molecule has 0 atom stereocenters. The van der Waals surface area contributed by atoms with Gasteiger partial charge in [-0.15, -0.1) is 0 Å². The number of primary amides is 1. The third-order valence-electron chi connectivity index (χ3n) is 3.65. The van der Waals surface area contributed by atoms with E-state index >= 15 is 0 Å². The molecule has 0 unspecified atom stereocenters. The predicted molar refractivity (Wildman–Crippen MR) is 101 cm³/mol. The number of aromatic nitrogens is 4. The number of halogens is 2. The van der Waals surface area contributed by atoms with E-state index in [-0.39, 0.29) is 34.1 Å². The number of nitrogens with one attached hydrogen (secondary N) is 2. The molecule has 1 aromatic carbocycles. The van der Waals surface area contributed by atoms with Gasteiger partial charge < -0.3 is 16.4 Å². The van der Waals surface area contributed by atoms with Gasteiger partial charge in [-0.05, 0) is 26.0 Å². The number of amides is 1. The number of nitrogens with zero attached hydrogens (tertiary/aromatic N) is 4. The molecule has 2 heterocycles. The van der Waals surface area contributed by atoms with Crippen molar-refractivity contribution in [3.63, 3.8) is 0 Å². The van der Waals surface area contributed by atoms with Crippen LogP contribution in [0.25, 0.3) is 0 Å². The maximum absolute atomic E-state index is 14.1. The van der Waals surface area contributed by atoms with Gasteiger partial charge in [-0.25, -0.2) is 9.37 Å². The molecule has 27 heavy (non-hydrogen) atoms. The van der Waals surface area contributed by atoms with Crippen LogP contribution in [0.4, 0.5) is 27.5 Å². The second kappa shape index (κ2) is 7.58. The fourth-order valence-electron chi connectivity index (χ4n) is 2.27. The molecule has 0 aliphatic heterocycles. The molecule has 2 aromatic heterocycles. The lowest BCUT2D eigenvalue weighted by Crippen LogP contribution is -2.16. The van der Waals surface area contributed by atoms with Crippen LogP contribution in [0.5, 0.6) is 0 Å².